The van der Waals surface area contributed by atoms with Gasteiger partial charge in [0.2, 0.25) is 0 Å². The third-order valence-electron chi connectivity index (χ3n) is 3.19. The monoisotopic (exact) mass is 208 g/mol. The maximum Gasteiger partial charge on any atom is 0.0945 e. The molecule has 15 heavy (non-hydrogen) atoms. The maximum atomic E-state index is 5.73. The average molecular weight is 208 g/mol. The smallest absolute Gasteiger partial charge is 0.0945 e. The van der Waals surface area contributed by atoms with Crippen LogP contribution in [-0.4, -0.2) is 40.1 Å². The van der Waals surface area contributed by atoms with Crippen LogP contribution in [0.1, 0.15) is 19.3 Å². The van der Waals surface area contributed by atoms with Crippen molar-refractivity contribution in [3.63, 3.8) is 0 Å². The third kappa shape index (κ3) is 2.79. The molecule has 0 spiro atoms. The lowest BCUT2D eigenvalue weighted by Gasteiger charge is -2.22. The van der Waals surface area contributed by atoms with Crippen LogP contribution < -0.4 is 5.73 Å². The quantitative estimate of drug-likeness (QED) is 0.774. The Labute approximate surface area is 91.1 Å². The Morgan fingerprint density at radius 1 is 1.40 bits per heavy atom. The van der Waals surface area contributed by atoms with Crippen LogP contribution in [0.15, 0.2) is 18.7 Å². The van der Waals surface area contributed by atoms with Crippen molar-refractivity contribution in [3.8, 4) is 0 Å². The summed E-state index contributed by atoms with van der Waals surface area (Å²) in [6.45, 7) is 4.27. The van der Waals surface area contributed by atoms with Crippen molar-refractivity contribution < 1.29 is 0 Å². The van der Waals surface area contributed by atoms with Gasteiger partial charge in [-0.2, -0.15) is 0 Å². The van der Waals surface area contributed by atoms with Gasteiger partial charge in [-0.3, -0.25) is 4.90 Å². The van der Waals surface area contributed by atoms with Crippen molar-refractivity contribution in [1.29, 1.82) is 0 Å². The molecule has 0 aromatic carbocycles. The molecule has 2 rings (SSSR count). The summed E-state index contributed by atoms with van der Waals surface area (Å²) in [4.78, 5) is 6.56. The third-order valence-corrected chi connectivity index (χ3v) is 3.19. The number of hydrogen-bond donors (Lipinski definition) is 1. The first kappa shape index (κ1) is 10.6. The van der Waals surface area contributed by atoms with E-state index in [-0.39, 0.29) is 0 Å². The summed E-state index contributed by atoms with van der Waals surface area (Å²) in [5, 5.41) is 0. The van der Waals surface area contributed by atoms with Crippen molar-refractivity contribution in [2.75, 3.05) is 19.6 Å². The van der Waals surface area contributed by atoms with Gasteiger partial charge in [0.05, 0.1) is 6.33 Å². The number of rotatable bonds is 5. The molecule has 84 valence electrons. The van der Waals surface area contributed by atoms with Crippen molar-refractivity contribution in [1.82, 2.24) is 14.5 Å². The van der Waals surface area contributed by atoms with Crippen LogP contribution in [0.2, 0.25) is 0 Å². The Hall–Kier alpha value is -0.870. The van der Waals surface area contributed by atoms with Gasteiger partial charge >= 0.3 is 0 Å². The molecule has 1 aliphatic heterocycles. The molecule has 0 radical (unpaired) electrons. The number of aryl methyl sites for hydroxylation is 1. The zero-order chi connectivity index (χ0) is 10.5. The molecule has 0 aliphatic carbocycles. The lowest BCUT2D eigenvalue weighted by Crippen LogP contribution is -2.36. The number of likely N-dealkylation sites (tertiary alicyclic amines) is 1. The first-order valence-corrected chi connectivity index (χ1v) is 5.80. The minimum atomic E-state index is 0.632. The highest BCUT2D eigenvalue weighted by Gasteiger charge is 2.21. The summed E-state index contributed by atoms with van der Waals surface area (Å²) in [5.74, 6) is 0. The molecule has 1 saturated heterocycles. The molecule has 1 aromatic heterocycles. The van der Waals surface area contributed by atoms with E-state index < -0.39 is 0 Å². The molecule has 1 unspecified atom stereocenters. The molecule has 1 aromatic rings. The molecule has 0 saturated carbocycles. The van der Waals surface area contributed by atoms with Crippen molar-refractivity contribution in [2.45, 2.75) is 31.8 Å². The van der Waals surface area contributed by atoms with Gasteiger partial charge in [0.1, 0.15) is 0 Å². The SMILES string of the molecule is NCC1CCCN1CCCn1ccnc1. The van der Waals surface area contributed by atoms with Crippen LogP contribution in [0.4, 0.5) is 0 Å². The average Bonchev–Trinajstić information content (AvgIpc) is 2.88. The first-order valence-electron chi connectivity index (χ1n) is 5.80. The molecule has 0 amide bonds. The molecule has 0 bridgehead atoms. The van der Waals surface area contributed by atoms with Crippen molar-refractivity contribution >= 4 is 0 Å². The molecule has 1 fully saturated rings. The molecule has 1 atom stereocenters. The topological polar surface area (TPSA) is 47.1 Å². The maximum absolute atomic E-state index is 5.73. The lowest BCUT2D eigenvalue weighted by atomic mass is 10.2. The second kappa shape index (κ2) is 5.28. The fourth-order valence-electron chi connectivity index (χ4n) is 2.33. The van der Waals surface area contributed by atoms with Gasteiger partial charge in [0, 0.05) is 38.1 Å². The van der Waals surface area contributed by atoms with E-state index >= 15 is 0 Å². The van der Waals surface area contributed by atoms with Gasteiger partial charge in [-0.15, -0.1) is 0 Å². The standard InChI is InChI=1S/C11H20N4/c12-9-11-3-1-6-15(11)7-2-5-14-8-4-13-10-14/h4,8,10-11H,1-3,5-7,9,12H2. The van der Waals surface area contributed by atoms with Gasteiger partial charge in [0.25, 0.3) is 0 Å². The van der Waals surface area contributed by atoms with E-state index in [0.717, 1.165) is 13.1 Å². The summed E-state index contributed by atoms with van der Waals surface area (Å²) in [5.41, 5.74) is 5.73. The predicted octanol–water partition coefficient (Wildman–Crippen LogP) is 0.696. The van der Waals surface area contributed by atoms with Crippen LogP contribution >= 0.6 is 0 Å². The largest absolute Gasteiger partial charge is 0.337 e. The fraction of sp³-hybridized carbons (Fsp3) is 0.727. The van der Waals surface area contributed by atoms with Gasteiger partial charge in [-0.1, -0.05) is 0 Å². The van der Waals surface area contributed by atoms with E-state index in [1.807, 2.05) is 18.7 Å². The zero-order valence-electron chi connectivity index (χ0n) is 9.18. The van der Waals surface area contributed by atoms with Crippen LogP contribution in [-0.2, 0) is 6.54 Å². The minimum absolute atomic E-state index is 0.632. The number of aromatic nitrogens is 2. The van der Waals surface area contributed by atoms with E-state index in [1.165, 1.54) is 32.4 Å². The van der Waals surface area contributed by atoms with Crippen LogP contribution in [0.5, 0.6) is 0 Å². The minimum Gasteiger partial charge on any atom is -0.337 e. The highest BCUT2D eigenvalue weighted by atomic mass is 15.2. The predicted molar refractivity (Wildman–Crippen MR) is 60.5 cm³/mol. The molecular formula is C11H20N4. The Kier molecular flexibility index (Phi) is 3.75. The van der Waals surface area contributed by atoms with Gasteiger partial charge in [0.15, 0.2) is 0 Å². The Morgan fingerprint density at radius 2 is 2.33 bits per heavy atom. The lowest BCUT2D eigenvalue weighted by molar-refractivity contribution is 0.251. The Morgan fingerprint density at radius 3 is 3.07 bits per heavy atom. The van der Waals surface area contributed by atoms with E-state index in [1.54, 1.807) is 0 Å². The first-order chi connectivity index (χ1) is 7.40. The molecular weight excluding hydrogens is 188 g/mol. The van der Waals surface area contributed by atoms with E-state index in [4.69, 9.17) is 5.73 Å². The summed E-state index contributed by atoms with van der Waals surface area (Å²) in [7, 11) is 0. The van der Waals surface area contributed by atoms with E-state index in [2.05, 4.69) is 14.5 Å². The zero-order valence-corrected chi connectivity index (χ0v) is 9.18. The van der Waals surface area contributed by atoms with Gasteiger partial charge in [-0.25, -0.2) is 4.98 Å². The number of nitrogens with zero attached hydrogens (tertiary/aromatic N) is 3. The summed E-state index contributed by atoms with van der Waals surface area (Å²) in [6, 6.07) is 0.632. The number of hydrogen-bond acceptors (Lipinski definition) is 3. The molecule has 4 nitrogen and oxygen atoms in total. The normalized spacial score (nSPS) is 22.3. The second-order valence-corrected chi connectivity index (χ2v) is 4.22. The number of nitrogens with two attached hydrogens (primary N) is 1. The molecule has 4 heteroatoms. The van der Waals surface area contributed by atoms with Crippen LogP contribution in [0, 0.1) is 0 Å². The fourth-order valence-corrected chi connectivity index (χ4v) is 2.33. The molecule has 2 N–H and O–H groups in total. The van der Waals surface area contributed by atoms with Crippen molar-refractivity contribution in [2.24, 2.45) is 5.73 Å². The number of imidazole rings is 1. The highest BCUT2D eigenvalue weighted by molar-refractivity contribution is 4.80. The summed E-state index contributed by atoms with van der Waals surface area (Å²) >= 11 is 0. The van der Waals surface area contributed by atoms with Crippen molar-refractivity contribution in [3.05, 3.63) is 18.7 Å². The van der Waals surface area contributed by atoms with Gasteiger partial charge in [-0.05, 0) is 25.8 Å². The Balaban J connectivity index is 1.69. The van der Waals surface area contributed by atoms with Gasteiger partial charge < -0.3 is 10.3 Å². The highest BCUT2D eigenvalue weighted by Crippen LogP contribution is 2.16. The van der Waals surface area contributed by atoms with Crippen LogP contribution in [0.3, 0.4) is 0 Å². The Bertz CT molecular complexity index is 270. The second-order valence-electron chi connectivity index (χ2n) is 4.22. The van der Waals surface area contributed by atoms with E-state index in [9.17, 15) is 0 Å². The van der Waals surface area contributed by atoms with E-state index in [0.29, 0.717) is 6.04 Å². The summed E-state index contributed by atoms with van der Waals surface area (Å²) in [6.07, 6.45) is 9.51. The molecule has 1 aliphatic rings. The van der Waals surface area contributed by atoms with Crippen LogP contribution in [0.25, 0.3) is 0 Å². The molecule has 2 heterocycles. The summed E-state index contributed by atoms with van der Waals surface area (Å²) < 4.78 is 2.13.